The van der Waals surface area contributed by atoms with E-state index in [0.717, 1.165) is 11.1 Å². The number of benzene rings is 1. The van der Waals surface area contributed by atoms with Crippen LogP contribution in [-0.4, -0.2) is 11.6 Å². The average Bonchev–Trinajstić information content (AvgIpc) is 2.55. The molecular weight excluding hydrogens is 188 g/mol. The van der Waals surface area contributed by atoms with Crippen molar-refractivity contribution in [2.45, 2.75) is 6.42 Å². The third kappa shape index (κ3) is 0.988. The minimum atomic E-state index is -0.155. The molecule has 2 heteroatoms. The van der Waals surface area contributed by atoms with Crippen LogP contribution in [0.1, 0.15) is 22.3 Å². The molecule has 2 nitrogen and oxygen atoms in total. The zero-order valence-corrected chi connectivity index (χ0v) is 7.99. The molecular formula is C13H8O2. The molecule has 2 aliphatic carbocycles. The fraction of sp³-hybridized carbons (Fsp3) is 0.0769. The van der Waals surface area contributed by atoms with Crippen LogP contribution in [0, 0.1) is 0 Å². The molecule has 3 rings (SSSR count). The van der Waals surface area contributed by atoms with Crippen LogP contribution in [-0.2, 0) is 4.79 Å². The van der Waals surface area contributed by atoms with Gasteiger partial charge in [-0.3, -0.25) is 9.59 Å². The number of fused-ring (bicyclic) bond motifs is 2. The summed E-state index contributed by atoms with van der Waals surface area (Å²) in [5, 5.41) is 0. The third-order valence-electron chi connectivity index (χ3n) is 2.86. The van der Waals surface area contributed by atoms with Gasteiger partial charge >= 0.3 is 0 Å². The van der Waals surface area contributed by atoms with Crippen molar-refractivity contribution in [2.24, 2.45) is 0 Å². The number of hydrogen-bond donors (Lipinski definition) is 0. The van der Waals surface area contributed by atoms with E-state index in [0.29, 0.717) is 17.6 Å². The molecule has 0 radical (unpaired) electrons. The number of carbonyl (C=O) groups is 2. The van der Waals surface area contributed by atoms with Crippen molar-refractivity contribution in [2.75, 3.05) is 0 Å². The first kappa shape index (κ1) is 8.36. The predicted octanol–water partition coefficient (Wildman–Crippen LogP) is 2.17. The molecule has 0 heterocycles. The highest BCUT2D eigenvalue weighted by Gasteiger charge is 2.33. The molecule has 1 aromatic rings. The summed E-state index contributed by atoms with van der Waals surface area (Å²) in [4.78, 5) is 23.5. The van der Waals surface area contributed by atoms with E-state index in [2.05, 4.69) is 0 Å². The molecule has 0 aromatic heterocycles. The maximum Gasteiger partial charge on any atom is 0.197 e. The maximum absolute atomic E-state index is 11.9. The number of carbonyl (C=O) groups excluding carboxylic acids is 2. The molecule has 0 amide bonds. The molecule has 0 aliphatic heterocycles. The van der Waals surface area contributed by atoms with Crippen LogP contribution in [0.15, 0.2) is 42.0 Å². The van der Waals surface area contributed by atoms with Crippen molar-refractivity contribution >= 4 is 17.1 Å². The average molecular weight is 196 g/mol. The Balaban J connectivity index is 2.28. The Morgan fingerprint density at radius 2 is 1.73 bits per heavy atom. The van der Waals surface area contributed by atoms with Crippen LogP contribution in [0.2, 0.25) is 0 Å². The van der Waals surface area contributed by atoms with Crippen molar-refractivity contribution < 1.29 is 9.59 Å². The maximum atomic E-state index is 11.9. The number of ketones is 2. The van der Waals surface area contributed by atoms with Crippen LogP contribution in [0.5, 0.6) is 0 Å². The molecule has 1 aromatic carbocycles. The van der Waals surface area contributed by atoms with Crippen molar-refractivity contribution in [1.29, 1.82) is 0 Å². The topological polar surface area (TPSA) is 34.1 Å². The molecule has 0 unspecified atom stereocenters. The van der Waals surface area contributed by atoms with E-state index in [9.17, 15) is 9.59 Å². The highest BCUT2D eigenvalue weighted by Crippen LogP contribution is 2.37. The summed E-state index contributed by atoms with van der Waals surface area (Å²) in [5.41, 5.74) is 2.86. The van der Waals surface area contributed by atoms with E-state index in [1.54, 1.807) is 6.07 Å². The van der Waals surface area contributed by atoms with E-state index in [4.69, 9.17) is 0 Å². The monoisotopic (exact) mass is 196 g/mol. The number of allylic oxidation sites excluding steroid dienone is 4. The van der Waals surface area contributed by atoms with Crippen LogP contribution in [0.25, 0.3) is 5.57 Å². The van der Waals surface area contributed by atoms with Crippen molar-refractivity contribution in [3.8, 4) is 0 Å². The summed E-state index contributed by atoms with van der Waals surface area (Å²) in [5.74, 6) is -0.271. The Bertz CT molecular complexity index is 547. The van der Waals surface area contributed by atoms with Gasteiger partial charge in [0.25, 0.3) is 0 Å². The molecule has 2 aliphatic rings. The lowest BCUT2D eigenvalue weighted by Crippen LogP contribution is -2.09. The summed E-state index contributed by atoms with van der Waals surface area (Å²) in [6, 6.07) is 7.41. The molecule has 0 saturated heterocycles. The first-order chi connectivity index (χ1) is 7.29. The second-order valence-corrected chi connectivity index (χ2v) is 3.70. The first-order valence-electron chi connectivity index (χ1n) is 4.87. The lowest BCUT2D eigenvalue weighted by Gasteiger charge is -2.06. The minimum Gasteiger partial charge on any atom is -0.289 e. The number of rotatable bonds is 0. The van der Waals surface area contributed by atoms with E-state index in [1.807, 2.05) is 24.3 Å². The highest BCUT2D eigenvalue weighted by atomic mass is 16.1. The van der Waals surface area contributed by atoms with Crippen LogP contribution < -0.4 is 0 Å². The van der Waals surface area contributed by atoms with E-state index in [-0.39, 0.29) is 11.6 Å². The van der Waals surface area contributed by atoms with Gasteiger partial charge in [-0.1, -0.05) is 30.3 Å². The summed E-state index contributed by atoms with van der Waals surface area (Å²) < 4.78 is 0. The molecule has 0 saturated carbocycles. The predicted molar refractivity (Wildman–Crippen MR) is 56.5 cm³/mol. The Kier molecular flexibility index (Phi) is 1.54. The molecule has 0 N–H and O–H groups in total. The van der Waals surface area contributed by atoms with E-state index >= 15 is 0 Å². The van der Waals surface area contributed by atoms with Crippen LogP contribution in [0.4, 0.5) is 0 Å². The van der Waals surface area contributed by atoms with Gasteiger partial charge in [-0.05, 0) is 23.6 Å². The quantitative estimate of drug-likeness (QED) is 0.596. The molecule has 0 bridgehead atoms. The van der Waals surface area contributed by atoms with Gasteiger partial charge in [0.2, 0.25) is 0 Å². The van der Waals surface area contributed by atoms with Gasteiger partial charge in [0, 0.05) is 5.56 Å². The summed E-state index contributed by atoms with van der Waals surface area (Å²) in [6.07, 6.45) is 3.99. The molecule has 0 atom stereocenters. The fourth-order valence-corrected chi connectivity index (χ4v) is 2.19. The molecule has 15 heavy (non-hydrogen) atoms. The number of hydrogen-bond acceptors (Lipinski definition) is 2. The highest BCUT2D eigenvalue weighted by molar-refractivity contribution is 6.38. The van der Waals surface area contributed by atoms with E-state index in [1.165, 1.54) is 6.08 Å². The fourth-order valence-electron chi connectivity index (χ4n) is 2.19. The Labute approximate surface area is 86.9 Å². The number of Topliss-reactive ketones (excluding diaryl/α,β-unsaturated/α-hetero) is 1. The van der Waals surface area contributed by atoms with Gasteiger partial charge < -0.3 is 0 Å². The van der Waals surface area contributed by atoms with Crippen LogP contribution in [0.3, 0.4) is 0 Å². The Morgan fingerprint density at radius 1 is 1.00 bits per heavy atom. The van der Waals surface area contributed by atoms with Gasteiger partial charge in [0.1, 0.15) is 0 Å². The van der Waals surface area contributed by atoms with Crippen molar-refractivity contribution in [1.82, 2.24) is 0 Å². The largest absolute Gasteiger partial charge is 0.289 e. The third-order valence-corrected chi connectivity index (χ3v) is 2.86. The second kappa shape index (κ2) is 2.76. The van der Waals surface area contributed by atoms with Crippen LogP contribution >= 0.6 is 0 Å². The van der Waals surface area contributed by atoms with Gasteiger partial charge in [0.05, 0.1) is 5.57 Å². The van der Waals surface area contributed by atoms with E-state index < -0.39 is 0 Å². The summed E-state index contributed by atoms with van der Waals surface area (Å²) in [7, 11) is 0. The first-order valence-corrected chi connectivity index (χ1v) is 4.87. The smallest absolute Gasteiger partial charge is 0.197 e. The second-order valence-electron chi connectivity index (χ2n) is 3.70. The normalized spacial score (nSPS) is 18.1. The van der Waals surface area contributed by atoms with Crippen molar-refractivity contribution in [3.05, 3.63) is 53.1 Å². The molecule has 0 fully saturated rings. The standard InChI is InChI=1S/C13H8O2/c14-11-7-3-6-9-8-4-1-2-5-10(8)13(15)12(9)11/h1-5,7H,6H2. The van der Waals surface area contributed by atoms with Gasteiger partial charge in [-0.15, -0.1) is 0 Å². The lowest BCUT2D eigenvalue weighted by molar-refractivity contribution is -0.111. The lowest BCUT2D eigenvalue weighted by atomic mass is 9.96. The minimum absolute atomic E-state index is 0.116. The van der Waals surface area contributed by atoms with Gasteiger partial charge in [0.15, 0.2) is 11.6 Å². The summed E-state index contributed by atoms with van der Waals surface area (Å²) >= 11 is 0. The van der Waals surface area contributed by atoms with Crippen molar-refractivity contribution in [3.63, 3.8) is 0 Å². The summed E-state index contributed by atoms with van der Waals surface area (Å²) in [6.45, 7) is 0. The molecule has 0 spiro atoms. The Hall–Kier alpha value is -1.96. The molecule has 72 valence electrons. The SMILES string of the molecule is O=C1C=CCC2=C1C(=O)c1ccccc12. The zero-order chi connectivity index (χ0) is 10.4. The zero-order valence-electron chi connectivity index (χ0n) is 7.99. The Morgan fingerprint density at radius 3 is 2.53 bits per heavy atom. The van der Waals surface area contributed by atoms with Gasteiger partial charge in [-0.25, -0.2) is 0 Å². The van der Waals surface area contributed by atoms with Gasteiger partial charge in [-0.2, -0.15) is 0 Å².